The molecule has 1 aromatic rings. The number of hydrogen-bond donors (Lipinski definition) is 0. The highest BCUT2D eigenvalue weighted by Gasteiger charge is 2.24. The van der Waals surface area contributed by atoms with Crippen molar-refractivity contribution >= 4 is 5.78 Å². The third-order valence-corrected chi connectivity index (χ3v) is 4.41. The first-order valence-electron chi connectivity index (χ1n) is 7.24. The normalized spacial score (nSPS) is 23.1. The Morgan fingerprint density at radius 2 is 1.95 bits per heavy atom. The summed E-state index contributed by atoms with van der Waals surface area (Å²) in [5, 5.41) is 0. The van der Waals surface area contributed by atoms with Crippen molar-refractivity contribution in [2.24, 2.45) is 11.8 Å². The average molecular weight is 260 g/mol. The first-order chi connectivity index (χ1) is 9.10. The molecule has 0 heterocycles. The molecule has 0 radical (unpaired) electrons. The first kappa shape index (κ1) is 14.1. The minimum atomic E-state index is 0.328. The predicted molar refractivity (Wildman–Crippen MR) is 77.6 cm³/mol. The van der Waals surface area contributed by atoms with Crippen LogP contribution >= 0.6 is 0 Å². The van der Waals surface area contributed by atoms with E-state index in [-0.39, 0.29) is 0 Å². The molecule has 2 heteroatoms. The fourth-order valence-electron chi connectivity index (χ4n) is 3.17. The highest BCUT2D eigenvalue weighted by molar-refractivity contribution is 5.78. The van der Waals surface area contributed by atoms with Crippen LogP contribution in [-0.2, 0) is 11.2 Å². The van der Waals surface area contributed by atoms with Gasteiger partial charge in [-0.15, -0.1) is 0 Å². The lowest BCUT2D eigenvalue weighted by atomic mass is 9.78. The minimum Gasteiger partial charge on any atom is -0.496 e. The van der Waals surface area contributed by atoms with Crippen LogP contribution < -0.4 is 4.74 Å². The van der Waals surface area contributed by atoms with Gasteiger partial charge < -0.3 is 4.74 Å². The monoisotopic (exact) mass is 260 g/mol. The zero-order valence-electron chi connectivity index (χ0n) is 12.2. The Morgan fingerprint density at radius 3 is 2.47 bits per heavy atom. The van der Waals surface area contributed by atoms with E-state index in [0.29, 0.717) is 11.7 Å². The molecule has 0 N–H and O–H groups in total. The Morgan fingerprint density at radius 1 is 1.26 bits per heavy atom. The van der Waals surface area contributed by atoms with Gasteiger partial charge in [0, 0.05) is 5.92 Å². The molecule has 0 unspecified atom stereocenters. The van der Waals surface area contributed by atoms with Crippen molar-refractivity contribution in [3.63, 3.8) is 0 Å². The van der Waals surface area contributed by atoms with Crippen molar-refractivity contribution in [1.29, 1.82) is 0 Å². The van der Waals surface area contributed by atoms with Gasteiger partial charge in [-0.3, -0.25) is 4.79 Å². The molecule has 0 aliphatic heterocycles. The second-order valence-corrected chi connectivity index (χ2v) is 5.84. The molecule has 0 amide bonds. The van der Waals surface area contributed by atoms with E-state index in [1.54, 1.807) is 14.0 Å². The molecule has 0 atom stereocenters. The van der Waals surface area contributed by atoms with Crippen LogP contribution in [-0.4, -0.2) is 12.9 Å². The van der Waals surface area contributed by atoms with Gasteiger partial charge in [-0.2, -0.15) is 0 Å². The number of methoxy groups -OCH3 is 1. The number of carbonyl (C=O) groups is 1. The van der Waals surface area contributed by atoms with Crippen LogP contribution in [0.4, 0.5) is 0 Å². The number of hydrogen-bond acceptors (Lipinski definition) is 2. The minimum absolute atomic E-state index is 0.328. The summed E-state index contributed by atoms with van der Waals surface area (Å²) < 4.78 is 5.29. The van der Waals surface area contributed by atoms with Gasteiger partial charge in [0.2, 0.25) is 0 Å². The van der Waals surface area contributed by atoms with Gasteiger partial charge in [-0.05, 0) is 69.1 Å². The molecule has 1 aliphatic rings. The number of ether oxygens (including phenoxy) is 1. The van der Waals surface area contributed by atoms with E-state index in [1.807, 2.05) is 0 Å². The van der Waals surface area contributed by atoms with Crippen LogP contribution in [0.1, 0.15) is 43.7 Å². The van der Waals surface area contributed by atoms with Gasteiger partial charge in [0.1, 0.15) is 11.5 Å². The fourth-order valence-corrected chi connectivity index (χ4v) is 3.17. The Labute approximate surface area is 116 Å². The van der Waals surface area contributed by atoms with Crippen molar-refractivity contribution in [1.82, 2.24) is 0 Å². The summed E-state index contributed by atoms with van der Waals surface area (Å²) in [7, 11) is 1.71. The van der Waals surface area contributed by atoms with Crippen molar-refractivity contribution in [3.8, 4) is 5.75 Å². The summed E-state index contributed by atoms with van der Waals surface area (Å²) in [5.74, 6) is 2.40. The number of Topliss-reactive ketones (excluding diaryl/α,β-unsaturated/α-hetero) is 1. The largest absolute Gasteiger partial charge is 0.496 e. The van der Waals surface area contributed by atoms with E-state index in [1.165, 1.54) is 24.0 Å². The summed E-state index contributed by atoms with van der Waals surface area (Å²) in [6.07, 6.45) is 5.67. The van der Waals surface area contributed by atoms with Crippen LogP contribution in [0.3, 0.4) is 0 Å². The first-order valence-corrected chi connectivity index (χ1v) is 7.24. The van der Waals surface area contributed by atoms with Crippen LogP contribution in [0.5, 0.6) is 5.75 Å². The molecule has 2 nitrogen and oxygen atoms in total. The highest BCUT2D eigenvalue weighted by Crippen LogP contribution is 2.32. The van der Waals surface area contributed by atoms with Gasteiger partial charge in [-0.1, -0.05) is 12.1 Å². The van der Waals surface area contributed by atoms with Crippen molar-refractivity contribution < 1.29 is 9.53 Å². The maximum absolute atomic E-state index is 11.4. The summed E-state index contributed by atoms with van der Waals surface area (Å²) in [4.78, 5) is 11.4. The Bertz CT molecular complexity index is 443. The maximum Gasteiger partial charge on any atom is 0.132 e. The zero-order chi connectivity index (χ0) is 13.8. The average Bonchev–Trinajstić information content (AvgIpc) is 2.39. The quantitative estimate of drug-likeness (QED) is 0.819. The van der Waals surface area contributed by atoms with Crippen molar-refractivity contribution in [2.45, 2.75) is 46.0 Å². The molecule has 1 aliphatic carbocycles. The molecule has 0 aromatic heterocycles. The molecule has 0 spiro atoms. The highest BCUT2D eigenvalue weighted by atomic mass is 16.5. The standard InChI is InChI=1S/C17H24O2/c1-12-10-15(6-9-17(12)19-3)11-14-4-7-16(8-5-14)13(2)18/h6,9-10,14,16H,4-5,7-8,11H2,1-3H3. The lowest BCUT2D eigenvalue weighted by Gasteiger charge is -2.27. The van der Waals surface area contributed by atoms with Crippen molar-refractivity contribution in [2.75, 3.05) is 7.11 Å². The SMILES string of the molecule is COc1ccc(CC2CCC(C(C)=O)CC2)cc1C. The number of aryl methyl sites for hydroxylation is 1. The second kappa shape index (κ2) is 6.23. The maximum atomic E-state index is 11.4. The molecule has 1 aromatic carbocycles. The predicted octanol–water partition coefficient (Wildman–Crippen LogP) is 3.94. The van der Waals surface area contributed by atoms with Crippen LogP contribution in [0.15, 0.2) is 18.2 Å². The van der Waals surface area contributed by atoms with Gasteiger partial charge in [0.05, 0.1) is 7.11 Å². The van der Waals surface area contributed by atoms with Crippen LogP contribution in [0.2, 0.25) is 0 Å². The summed E-state index contributed by atoms with van der Waals surface area (Å²) in [6.45, 7) is 3.83. The molecule has 1 saturated carbocycles. The van der Waals surface area contributed by atoms with E-state index >= 15 is 0 Å². The van der Waals surface area contributed by atoms with Crippen LogP contribution in [0, 0.1) is 18.8 Å². The van der Waals surface area contributed by atoms with Crippen LogP contribution in [0.25, 0.3) is 0 Å². The Kier molecular flexibility index (Phi) is 4.62. The van der Waals surface area contributed by atoms with E-state index in [9.17, 15) is 4.79 Å². The lowest BCUT2D eigenvalue weighted by Crippen LogP contribution is -2.21. The summed E-state index contributed by atoms with van der Waals surface area (Å²) in [5.41, 5.74) is 2.60. The molecule has 2 rings (SSSR count). The van der Waals surface area contributed by atoms with E-state index < -0.39 is 0 Å². The third kappa shape index (κ3) is 3.59. The molecule has 104 valence electrons. The molecule has 0 saturated heterocycles. The molecular formula is C17H24O2. The Balaban J connectivity index is 1.92. The number of ketones is 1. The zero-order valence-corrected chi connectivity index (χ0v) is 12.2. The molecule has 19 heavy (non-hydrogen) atoms. The second-order valence-electron chi connectivity index (χ2n) is 5.84. The topological polar surface area (TPSA) is 26.3 Å². The summed E-state index contributed by atoms with van der Waals surface area (Å²) >= 11 is 0. The number of benzene rings is 1. The number of rotatable bonds is 4. The van der Waals surface area contributed by atoms with Gasteiger partial charge in [0.25, 0.3) is 0 Å². The molecule has 0 bridgehead atoms. The number of carbonyl (C=O) groups excluding carboxylic acids is 1. The van der Waals surface area contributed by atoms with Gasteiger partial charge in [0.15, 0.2) is 0 Å². The van der Waals surface area contributed by atoms with Crippen molar-refractivity contribution in [3.05, 3.63) is 29.3 Å². The van der Waals surface area contributed by atoms with E-state index in [2.05, 4.69) is 25.1 Å². The van der Waals surface area contributed by atoms with E-state index in [0.717, 1.165) is 30.9 Å². The molecule has 1 fully saturated rings. The third-order valence-electron chi connectivity index (χ3n) is 4.41. The van der Waals surface area contributed by atoms with Gasteiger partial charge >= 0.3 is 0 Å². The summed E-state index contributed by atoms with van der Waals surface area (Å²) in [6, 6.07) is 6.46. The van der Waals surface area contributed by atoms with E-state index in [4.69, 9.17) is 4.74 Å². The fraction of sp³-hybridized carbons (Fsp3) is 0.588. The van der Waals surface area contributed by atoms with Gasteiger partial charge in [-0.25, -0.2) is 0 Å². The molecular weight excluding hydrogens is 236 g/mol. The Hall–Kier alpha value is -1.31. The lowest BCUT2D eigenvalue weighted by molar-refractivity contribution is -0.121. The smallest absolute Gasteiger partial charge is 0.132 e.